The van der Waals surface area contributed by atoms with Crippen LogP contribution in [0.3, 0.4) is 0 Å². The molecule has 1 amide bonds. The summed E-state index contributed by atoms with van der Waals surface area (Å²) in [5.41, 5.74) is 0.847. The van der Waals surface area contributed by atoms with E-state index in [9.17, 15) is 18.4 Å². The summed E-state index contributed by atoms with van der Waals surface area (Å²) in [5, 5.41) is 2.29. The average molecular weight is 396 g/mol. The second-order valence-electron chi connectivity index (χ2n) is 4.64. The fourth-order valence-corrected chi connectivity index (χ4v) is 2.14. The molecule has 0 radical (unpaired) electrons. The molecule has 0 heterocycles. The van der Waals surface area contributed by atoms with Crippen LogP contribution in [0.1, 0.15) is 5.56 Å². The maximum Gasteiger partial charge on any atom is 0.331 e. The van der Waals surface area contributed by atoms with Crippen molar-refractivity contribution in [1.29, 1.82) is 0 Å². The van der Waals surface area contributed by atoms with Gasteiger partial charge in [0.15, 0.2) is 18.2 Å². The number of hydrogen-bond donors (Lipinski definition) is 1. The van der Waals surface area contributed by atoms with Gasteiger partial charge >= 0.3 is 5.97 Å². The van der Waals surface area contributed by atoms with Crippen molar-refractivity contribution in [1.82, 2.24) is 0 Å². The summed E-state index contributed by atoms with van der Waals surface area (Å²) in [6.45, 7) is -0.544. The highest BCUT2D eigenvalue weighted by Gasteiger charge is 2.08. The van der Waals surface area contributed by atoms with E-state index < -0.39 is 30.1 Å². The minimum atomic E-state index is -1.08. The van der Waals surface area contributed by atoms with Gasteiger partial charge in [-0.25, -0.2) is 13.6 Å². The summed E-state index contributed by atoms with van der Waals surface area (Å²) in [5.74, 6) is -3.47. The van der Waals surface area contributed by atoms with Gasteiger partial charge in [0.1, 0.15) is 0 Å². The summed E-state index contributed by atoms with van der Waals surface area (Å²) in [6, 6.07) is 10.2. The topological polar surface area (TPSA) is 55.4 Å². The summed E-state index contributed by atoms with van der Waals surface area (Å²) in [4.78, 5) is 23.2. The molecule has 2 aromatic carbocycles. The largest absolute Gasteiger partial charge is 0.452 e. The molecular weight excluding hydrogens is 384 g/mol. The minimum Gasteiger partial charge on any atom is -0.452 e. The molecule has 124 valence electrons. The molecule has 0 bridgehead atoms. The number of esters is 1. The zero-order valence-corrected chi connectivity index (χ0v) is 13.8. The van der Waals surface area contributed by atoms with Crippen LogP contribution in [0, 0.1) is 11.6 Å². The number of benzene rings is 2. The van der Waals surface area contributed by atoms with Crippen LogP contribution in [0.15, 0.2) is 53.0 Å². The number of rotatable bonds is 5. The summed E-state index contributed by atoms with van der Waals surface area (Å²) < 4.78 is 31.4. The molecule has 0 atom stereocenters. The van der Waals surface area contributed by atoms with Crippen LogP contribution >= 0.6 is 15.9 Å². The van der Waals surface area contributed by atoms with Crippen molar-refractivity contribution in [3.05, 3.63) is 70.2 Å². The molecule has 7 heteroatoms. The van der Waals surface area contributed by atoms with Crippen molar-refractivity contribution in [3.8, 4) is 0 Å². The molecule has 0 aliphatic carbocycles. The standard InChI is InChI=1S/C17H12BrF2NO3/c18-13-4-2-1-3-11(13)5-8-17(23)24-10-16(22)21-12-6-7-14(19)15(20)9-12/h1-9H,10H2,(H,21,22)/b8-5+. The number of carbonyl (C=O) groups excluding carboxylic acids is 2. The quantitative estimate of drug-likeness (QED) is 0.616. The van der Waals surface area contributed by atoms with Gasteiger partial charge < -0.3 is 10.1 Å². The number of nitrogens with one attached hydrogen (secondary N) is 1. The number of hydrogen-bond acceptors (Lipinski definition) is 3. The first-order chi connectivity index (χ1) is 11.5. The van der Waals surface area contributed by atoms with Gasteiger partial charge in [0.25, 0.3) is 5.91 Å². The van der Waals surface area contributed by atoms with E-state index >= 15 is 0 Å². The second-order valence-corrected chi connectivity index (χ2v) is 5.49. The zero-order valence-electron chi connectivity index (χ0n) is 12.3. The van der Waals surface area contributed by atoms with Crippen LogP contribution in [0.25, 0.3) is 6.08 Å². The number of amides is 1. The van der Waals surface area contributed by atoms with Gasteiger partial charge in [-0.2, -0.15) is 0 Å². The third-order valence-electron chi connectivity index (χ3n) is 2.85. The molecule has 1 N–H and O–H groups in total. The SMILES string of the molecule is O=C(COC(=O)/C=C/c1ccccc1Br)Nc1ccc(F)c(F)c1. The average Bonchev–Trinajstić information content (AvgIpc) is 2.55. The highest BCUT2D eigenvalue weighted by Crippen LogP contribution is 2.17. The normalized spacial score (nSPS) is 10.6. The van der Waals surface area contributed by atoms with Crippen molar-refractivity contribution >= 4 is 39.6 Å². The number of anilines is 1. The van der Waals surface area contributed by atoms with E-state index in [1.165, 1.54) is 12.1 Å². The molecule has 0 aliphatic rings. The number of carbonyl (C=O) groups is 2. The first-order valence-electron chi connectivity index (χ1n) is 6.80. The van der Waals surface area contributed by atoms with Crippen LogP contribution < -0.4 is 5.32 Å². The van der Waals surface area contributed by atoms with Crippen LogP contribution in [0.5, 0.6) is 0 Å². The van der Waals surface area contributed by atoms with Gasteiger partial charge in [-0.15, -0.1) is 0 Å². The predicted octanol–water partition coefficient (Wildman–Crippen LogP) is 3.92. The molecule has 0 saturated heterocycles. The van der Waals surface area contributed by atoms with E-state index in [2.05, 4.69) is 21.2 Å². The van der Waals surface area contributed by atoms with Crippen LogP contribution in [0.2, 0.25) is 0 Å². The Bertz CT molecular complexity index is 793. The predicted molar refractivity (Wildman–Crippen MR) is 89.1 cm³/mol. The molecular formula is C17H12BrF2NO3. The van der Waals surface area contributed by atoms with Crippen LogP contribution in [-0.2, 0) is 14.3 Å². The van der Waals surface area contributed by atoms with Crippen molar-refractivity contribution in [2.24, 2.45) is 0 Å². The molecule has 4 nitrogen and oxygen atoms in total. The van der Waals surface area contributed by atoms with Crippen molar-refractivity contribution < 1.29 is 23.1 Å². The molecule has 0 aromatic heterocycles. The Morgan fingerprint density at radius 3 is 2.58 bits per heavy atom. The molecule has 24 heavy (non-hydrogen) atoms. The molecule has 0 spiro atoms. The fraction of sp³-hybridized carbons (Fsp3) is 0.0588. The minimum absolute atomic E-state index is 0.0682. The molecule has 0 unspecified atom stereocenters. The van der Waals surface area contributed by atoms with Gasteiger partial charge in [0, 0.05) is 22.3 Å². The lowest BCUT2D eigenvalue weighted by Gasteiger charge is -2.05. The van der Waals surface area contributed by atoms with Crippen LogP contribution in [-0.4, -0.2) is 18.5 Å². The molecule has 0 aliphatic heterocycles. The highest BCUT2D eigenvalue weighted by molar-refractivity contribution is 9.10. The lowest BCUT2D eigenvalue weighted by Crippen LogP contribution is -2.20. The van der Waals surface area contributed by atoms with E-state index in [0.29, 0.717) is 0 Å². The van der Waals surface area contributed by atoms with E-state index in [1.54, 1.807) is 12.1 Å². The monoisotopic (exact) mass is 395 g/mol. The zero-order chi connectivity index (χ0) is 17.5. The Morgan fingerprint density at radius 2 is 1.88 bits per heavy atom. The summed E-state index contributed by atoms with van der Waals surface area (Å²) >= 11 is 3.33. The number of halogens is 3. The fourth-order valence-electron chi connectivity index (χ4n) is 1.72. The Kier molecular flexibility index (Phi) is 6.20. The van der Waals surface area contributed by atoms with E-state index in [0.717, 1.165) is 22.2 Å². The highest BCUT2D eigenvalue weighted by atomic mass is 79.9. The lowest BCUT2D eigenvalue weighted by atomic mass is 10.2. The van der Waals surface area contributed by atoms with Crippen molar-refractivity contribution in [2.45, 2.75) is 0 Å². The first kappa shape index (κ1) is 17.8. The Hall–Kier alpha value is -2.54. The lowest BCUT2D eigenvalue weighted by molar-refractivity contribution is -0.142. The summed E-state index contributed by atoms with van der Waals surface area (Å²) in [7, 11) is 0. The van der Waals surface area contributed by atoms with Gasteiger partial charge in [0.05, 0.1) is 0 Å². The van der Waals surface area contributed by atoms with Gasteiger partial charge in [-0.05, 0) is 29.8 Å². The Morgan fingerprint density at radius 1 is 1.12 bits per heavy atom. The van der Waals surface area contributed by atoms with Gasteiger partial charge in [-0.1, -0.05) is 34.1 Å². The maximum absolute atomic E-state index is 13.0. The third-order valence-corrected chi connectivity index (χ3v) is 3.58. The first-order valence-corrected chi connectivity index (χ1v) is 7.59. The van der Waals surface area contributed by atoms with Crippen molar-refractivity contribution in [3.63, 3.8) is 0 Å². The molecule has 2 aromatic rings. The maximum atomic E-state index is 13.0. The molecule has 2 rings (SSSR count). The van der Waals surface area contributed by atoms with E-state index in [1.807, 2.05) is 18.2 Å². The number of ether oxygens (including phenoxy) is 1. The van der Waals surface area contributed by atoms with Gasteiger partial charge in [-0.3, -0.25) is 4.79 Å². The second kappa shape index (κ2) is 8.35. The third kappa shape index (κ3) is 5.27. The van der Waals surface area contributed by atoms with Crippen molar-refractivity contribution in [2.75, 3.05) is 11.9 Å². The van der Waals surface area contributed by atoms with E-state index in [-0.39, 0.29) is 5.69 Å². The van der Waals surface area contributed by atoms with Gasteiger partial charge in [0.2, 0.25) is 0 Å². The smallest absolute Gasteiger partial charge is 0.331 e. The Labute approximate surface area is 145 Å². The molecule has 0 fully saturated rings. The van der Waals surface area contributed by atoms with Crippen LogP contribution in [0.4, 0.5) is 14.5 Å². The Balaban J connectivity index is 1.84. The summed E-state index contributed by atoms with van der Waals surface area (Å²) in [6.07, 6.45) is 2.73. The molecule has 0 saturated carbocycles. The van der Waals surface area contributed by atoms with E-state index in [4.69, 9.17) is 4.74 Å².